The zero-order valence-corrected chi connectivity index (χ0v) is 11.1. The average Bonchev–Trinajstić information content (AvgIpc) is 3.09. The van der Waals surface area contributed by atoms with E-state index in [2.05, 4.69) is 15.5 Å². The second-order valence-electron chi connectivity index (χ2n) is 4.81. The van der Waals surface area contributed by atoms with Crippen LogP contribution in [0.1, 0.15) is 30.3 Å². The number of methoxy groups -OCH3 is 1. The molecule has 1 unspecified atom stereocenters. The molecule has 1 aromatic carbocycles. The van der Waals surface area contributed by atoms with Gasteiger partial charge in [0.05, 0.1) is 18.7 Å². The lowest BCUT2D eigenvalue weighted by Crippen LogP contribution is -2.12. The molecule has 1 saturated heterocycles. The van der Waals surface area contributed by atoms with E-state index in [4.69, 9.17) is 9.26 Å². The Morgan fingerprint density at radius 1 is 1.42 bits per heavy atom. The van der Waals surface area contributed by atoms with Crippen molar-refractivity contribution >= 4 is 0 Å². The first-order valence-corrected chi connectivity index (χ1v) is 6.50. The van der Waals surface area contributed by atoms with Crippen LogP contribution >= 0.6 is 0 Å². The first-order valence-electron chi connectivity index (χ1n) is 6.50. The third-order valence-corrected chi connectivity index (χ3v) is 3.40. The predicted octanol–water partition coefficient (Wildman–Crippen LogP) is 2.48. The van der Waals surface area contributed by atoms with E-state index in [1.54, 1.807) is 7.11 Å². The van der Waals surface area contributed by atoms with Crippen LogP contribution < -0.4 is 10.1 Å². The second-order valence-corrected chi connectivity index (χ2v) is 4.81. The molecule has 1 aliphatic rings. The summed E-state index contributed by atoms with van der Waals surface area (Å²) in [5.41, 5.74) is 2.00. The van der Waals surface area contributed by atoms with Crippen molar-refractivity contribution in [2.75, 3.05) is 13.7 Å². The molecule has 0 bridgehead atoms. The third-order valence-electron chi connectivity index (χ3n) is 3.40. The van der Waals surface area contributed by atoms with Crippen LogP contribution in [0.3, 0.4) is 0 Å². The summed E-state index contributed by atoms with van der Waals surface area (Å²) in [5, 5.41) is 7.41. The highest BCUT2D eigenvalue weighted by atomic mass is 16.5. The monoisotopic (exact) mass is 259 g/mol. The molecule has 2 heterocycles. The lowest BCUT2D eigenvalue weighted by Gasteiger charge is -2.05. The summed E-state index contributed by atoms with van der Waals surface area (Å²) < 4.78 is 10.7. The second kappa shape index (κ2) is 5.01. The molecule has 0 aliphatic carbocycles. The molecule has 3 rings (SSSR count). The highest BCUT2D eigenvalue weighted by Gasteiger charge is 2.23. The van der Waals surface area contributed by atoms with Gasteiger partial charge in [0.1, 0.15) is 5.75 Å². The van der Waals surface area contributed by atoms with E-state index < -0.39 is 0 Å². The Balaban J connectivity index is 1.93. The van der Waals surface area contributed by atoms with E-state index in [-0.39, 0.29) is 6.04 Å². The van der Waals surface area contributed by atoms with Gasteiger partial charge in [-0.15, -0.1) is 0 Å². The molecule has 1 fully saturated rings. The van der Waals surface area contributed by atoms with Crippen molar-refractivity contribution in [3.63, 3.8) is 0 Å². The summed E-state index contributed by atoms with van der Waals surface area (Å²) in [6.45, 7) is 3.03. The minimum atomic E-state index is 0.192. The fraction of sp³-hybridized carbons (Fsp3) is 0.429. The fourth-order valence-electron chi connectivity index (χ4n) is 2.36. The van der Waals surface area contributed by atoms with Crippen LogP contribution in [-0.4, -0.2) is 23.8 Å². The number of aryl methyl sites for hydroxylation is 1. The number of rotatable bonds is 3. The maximum absolute atomic E-state index is 5.38. The summed E-state index contributed by atoms with van der Waals surface area (Å²) in [7, 11) is 1.65. The Morgan fingerprint density at radius 2 is 2.32 bits per heavy atom. The third kappa shape index (κ3) is 2.33. The van der Waals surface area contributed by atoms with Gasteiger partial charge in [0, 0.05) is 0 Å². The minimum Gasteiger partial charge on any atom is -0.496 e. The van der Waals surface area contributed by atoms with Gasteiger partial charge in [0.25, 0.3) is 0 Å². The number of nitrogens with one attached hydrogen (secondary N) is 1. The van der Waals surface area contributed by atoms with E-state index in [1.807, 2.05) is 25.1 Å². The lowest BCUT2D eigenvalue weighted by molar-refractivity contribution is 0.344. The molecule has 1 aromatic heterocycles. The number of ether oxygens (including phenoxy) is 1. The smallest absolute Gasteiger partial charge is 0.244 e. The van der Waals surface area contributed by atoms with Gasteiger partial charge >= 0.3 is 0 Å². The van der Waals surface area contributed by atoms with Crippen LogP contribution in [0.2, 0.25) is 0 Å². The molecular formula is C14H17N3O2. The Bertz CT molecular complexity index is 574. The Labute approximate surface area is 112 Å². The number of benzene rings is 1. The van der Waals surface area contributed by atoms with E-state index in [9.17, 15) is 0 Å². The summed E-state index contributed by atoms with van der Waals surface area (Å²) in [6, 6.07) is 6.14. The van der Waals surface area contributed by atoms with Gasteiger partial charge in [0.2, 0.25) is 11.7 Å². The van der Waals surface area contributed by atoms with Crippen molar-refractivity contribution in [1.29, 1.82) is 0 Å². The topological polar surface area (TPSA) is 60.2 Å². The molecule has 5 nitrogen and oxygen atoms in total. The molecule has 0 amide bonds. The van der Waals surface area contributed by atoms with Crippen LogP contribution in [0.5, 0.6) is 5.75 Å². The fourth-order valence-corrected chi connectivity index (χ4v) is 2.36. The Morgan fingerprint density at radius 3 is 3.05 bits per heavy atom. The van der Waals surface area contributed by atoms with Crippen LogP contribution in [-0.2, 0) is 0 Å². The quantitative estimate of drug-likeness (QED) is 0.917. The molecule has 1 N–H and O–H groups in total. The highest BCUT2D eigenvalue weighted by molar-refractivity contribution is 5.64. The molecule has 2 aromatic rings. The van der Waals surface area contributed by atoms with Gasteiger partial charge in [-0.3, -0.25) is 0 Å². The van der Waals surface area contributed by atoms with Gasteiger partial charge in [-0.25, -0.2) is 0 Å². The maximum Gasteiger partial charge on any atom is 0.244 e. The zero-order valence-electron chi connectivity index (χ0n) is 11.1. The predicted molar refractivity (Wildman–Crippen MR) is 71.0 cm³/mol. The highest BCUT2D eigenvalue weighted by Crippen LogP contribution is 2.30. The SMILES string of the molecule is COc1cc(C)ccc1-c1noc(C2CCCN2)n1. The van der Waals surface area contributed by atoms with Gasteiger partial charge in [0.15, 0.2) is 0 Å². The van der Waals surface area contributed by atoms with Gasteiger partial charge < -0.3 is 14.6 Å². The van der Waals surface area contributed by atoms with E-state index in [0.29, 0.717) is 11.7 Å². The molecule has 5 heteroatoms. The summed E-state index contributed by atoms with van der Waals surface area (Å²) >= 11 is 0. The van der Waals surface area contributed by atoms with Crippen molar-refractivity contribution in [2.45, 2.75) is 25.8 Å². The van der Waals surface area contributed by atoms with Crippen LogP contribution in [0.25, 0.3) is 11.4 Å². The number of nitrogens with zero attached hydrogens (tertiary/aromatic N) is 2. The minimum absolute atomic E-state index is 0.192. The van der Waals surface area contributed by atoms with E-state index in [1.165, 1.54) is 0 Å². The molecule has 0 spiro atoms. The van der Waals surface area contributed by atoms with Gasteiger partial charge in [-0.1, -0.05) is 11.2 Å². The summed E-state index contributed by atoms with van der Waals surface area (Å²) in [4.78, 5) is 4.48. The van der Waals surface area contributed by atoms with Crippen LogP contribution in [0, 0.1) is 6.92 Å². The largest absolute Gasteiger partial charge is 0.496 e. The zero-order chi connectivity index (χ0) is 13.2. The summed E-state index contributed by atoms with van der Waals surface area (Å²) in [5.74, 6) is 2.02. The van der Waals surface area contributed by atoms with E-state index >= 15 is 0 Å². The Hall–Kier alpha value is -1.88. The van der Waals surface area contributed by atoms with Crippen LogP contribution in [0.15, 0.2) is 22.7 Å². The van der Waals surface area contributed by atoms with Crippen molar-refractivity contribution < 1.29 is 9.26 Å². The van der Waals surface area contributed by atoms with Gasteiger partial charge in [-0.2, -0.15) is 4.98 Å². The molecular weight excluding hydrogens is 242 g/mol. The molecule has 100 valence electrons. The Kier molecular flexibility index (Phi) is 3.21. The molecule has 1 aliphatic heterocycles. The number of hydrogen-bond acceptors (Lipinski definition) is 5. The first kappa shape index (κ1) is 12.2. The average molecular weight is 259 g/mol. The van der Waals surface area contributed by atoms with Crippen molar-refractivity contribution in [2.24, 2.45) is 0 Å². The first-order chi connectivity index (χ1) is 9.28. The number of hydrogen-bond donors (Lipinski definition) is 1. The lowest BCUT2D eigenvalue weighted by atomic mass is 10.1. The van der Waals surface area contributed by atoms with E-state index in [0.717, 1.165) is 36.3 Å². The van der Waals surface area contributed by atoms with Crippen LogP contribution in [0.4, 0.5) is 0 Å². The molecule has 0 radical (unpaired) electrons. The number of aromatic nitrogens is 2. The molecule has 0 saturated carbocycles. The normalized spacial score (nSPS) is 18.7. The van der Waals surface area contributed by atoms with Crippen molar-refractivity contribution in [3.05, 3.63) is 29.7 Å². The maximum atomic E-state index is 5.38. The van der Waals surface area contributed by atoms with Gasteiger partial charge in [-0.05, 0) is 44.0 Å². The molecule has 1 atom stereocenters. The molecule has 19 heavy (non-hydrogen) atoms. The van der Waals surface area contributed by atoms with Crippen molar-refractivity contribution in [3.8, 4) is 17.1 Å². The van der Waals surface area contributed by atoms with Crippen molar-refractivity contribution in [1.82, 2.24) is 15.5 Å². The summed E-state index contributed by atoms with van der Waals surface area (Å²) in [6.07, 6.45) is 2.20. The standard InChI is InChI=1S/C14H17N3O2/c1-9-5-6-10(12(8-9)18-2)13-16-14(19-17-13)11-4-3-7-15-11/h5-6,8,11,15H,3-4,7H2,1-2H3.